The molecule has 0 fully saturated rings. The van der Waals surface area contributed by atoms with Crippen molar-refractivity contribution in [3.63, 3.8) is 0 Å². The fourth-order valence-electron chi connectivity index (χ4n) is 2.92. The van der Waals surface area contributed by atoms with Crippen LogP contribution in [0.4, 0.5) is 0 Å². The first-order valence-electron chi connectivity index (χ1n) is 8.03. The molecule has 0 saturated carbocycles. The van der Waals surface area contributed by atoms with Gasteiger partial charge in [-0.05, 0) is 29.7 Å². The number of guanidine groups is 1. The van der Waals surface area contributed by atoms with Crippen molar-refractivity contribution in [2.45, 2.75) is 18.9 Å². The van der Waals surface area contributed by atoms with E-state index in [4.69, 9.17) is 4.74 Å². The van der Waals surface area contributed by atoms with Gasteiger partial charge in [0.15, 0.2) is 5.96 Å². The van der Waals surface area contributed by atoms with Crippen molar-refractivity contribution in [2.24, 2.45) is 12.0 Å². The summed E-state index contributed by atoms with van der Waals surface area (Å²) in [6.45, 7) is 2.40. The van der Waals surface area contributed by atoms with Crippen LogP contribution in [0.1, 0.15) is 23.5 Å². The number of hydrogen-bond donors (Lipinski definition) is 2. The third-order valence-corrected chi connectivity index (χ3v) is 4.18. The van der Waals surface area contributed by atoms with Crippen LogP contribution in [0, 0.1) is 0 Å². The molecule has 0 spiro atoms. The Balaban J connectivity index is 0.00000208. The monoisotopic (exact) mass is 440 g/mol. The minimum atomic E-state index is 0. The number of aliphatic imine (C=N–C) groups is 1. The number of para-hydroxylation sites is 1. The van der Waals surface area contributed by atoms with Gasteiger partial charge in [0, 0.05) is 45.5 Å². The van der Waals surface area contributed by atoms with E-state index in [-0.39, 0.29) is 24.0 Å². The van der Waals surface area contributed by atoms with Gasteiger partial charge in [0.1, 0.15) is 5.75 Å². The van der Waals surface area contributed by atoms with Crippen LogP contribution in [0.5, 0.6) is 5.75 Å². The second kappa shape index (κ2) is 8.96. The number of benzene rings is 1. The fraction of sp³-hybridized carbons (Fsp3) is 0.389. The zero-order valence-corrected chi connectivity index (χ0v) is 16.5. The fourth-order valence-corrected chi connectivity index (χ4v) is 2.92. The van der Waals surface area contributed by atoms with E-state index >= 15 is 0 Å². The molecule has 0 amide bonds. The number of nitrogens with one attached hydrogen (secondary N) is 2. The summed E-state index contributed by atoms with van der Waals surface area (Å²) in [6, 6.07) is 10.4. The van der Waals surface area contributed by atoms with E-state index < -0.39 is 0 Å². The molecule has 130 valence electrons. The maximum absolute atomic E-state index is 5.72. The normalized spacial score (nSPS) is 16.6. The summed E-state index contributed by atoms with van der Waals surface area (Å²) in [6.07, 6.45) is 5.18. The van der Waals surface area contributed by atoms with Gasteiger partial charge in [-0.15, -0.1) is 24.0 Å². The Bertz CT molecular complexity index is 683. The van der Waals surface area contributed by atoms with Crippen LogP contribution in [-0.2, 0) is 13.6 Å². The number of nitrogens with zero attached hydrogens (tertiary/aromatic N) is 2. The van der Waals surface area contributed by atoms with Gasteiger partial charge in [-0.3, -0.25) is 4.99 Å². The molecule has 1 aliphatic rings. The molecular formula is C18H25IN4O. The summed E-state index contributed by atoms with van der Waals surface area (Å²) < 4.78 is 7.77. The summed E-state index contributed by atoms with van der Waals surface area (Å²) in [5.74, 6) is 2.30. The molecule has 1 aromatic heterocycles. The molecule has 2 aromatic rings. The third kappa shape index (κ3) is 4.66. The van der Waals surface area contributed by atoms with Gasteiger partial charge < -0.3 is 19.9 Å². The molecule has 0 radical (unpaired) electrons. The van der Waals surface area contributed by atoms with Crippen molar-refractivity contribution < 1.29 is 4.74 Å². The Hall–Kier alpha value is -1.70. The van der Waals surface area contributed by atoms with Crippen molar-refractivity contribution in [1.82, 2.24) is 15.2 Å². The average Bonchev–Trinajstić information content (AvgIpc) is 3.00. The predicted octanol–water partition coefficient (Wildman–Crippen LogP) is 2.87. The van der Waals surface area contributed by atoms with Crippen LogP contribution in [0.2, 0.25) is 0 Å². The maximum atomic E-state index is 5.72. The zero-order chi connectivity index (χ0) is 16.1. The average molecular weight is 440 g/mol. The molecule has 1 aromatic carbocycles. The number of aromatic nitrogens is 1. The van der Waals surface area contributed by atoms with Crippen molar-refractivity contribution >= 4 is 29.9 Å². The Labute approximate surface area is 160 Å². The Kier molecular flexibility index (Phi) is 6.96. The van der Waals surface area contributed by atoms with E-state index in [1.165, 1.54) is 11.1 Å². The van der Waals surface area contributed by atoms with E-state index in [1.54, 1.807) is 7.05 Å². The lowest BCUT2D eigenvalue weighted by atomic mass is 9.93. The number of aryl methyl sites for hydroxylation is 1. The number of fused-ring (bicyclic) bond motifs is 1. The molecule has 0 aliphatic carbocycles. The molecule has 1 atom stereocenters. The number of hydrogen-bond acceptors (Lipinski definition) is 2. The minimum absolute atomic E-state index is 0. The highest BCUT2D eigenvalue weighted by Gasteiger charge is 2.20. The van der Waals surface area contributed by atoms with Gasteiger partial charge in [0.25, 0.3) is 0 Å². The molecule has 1 aliphatic heterocycles. The van der Waals surface area contributed by atoms with E-state index in [2.05, 4.69) is 40.0 Å². The number of rotatable bonds is 4. The van der Waals surface area contributed by atoms with Crippen LogP contribution >= 0.6 is 24.0 Å². The van der Waals surface area contributed by atoms with Crippen LogP contribution in [0.15, 0.2) is 47.7 Å². The lowest BCUT2D eigenvalue weighted by Crippen LogP contribution is -2.39. The molecule has 2 heterocycles. The summed E-state index contributed by atoms with van der Waals surface area (Å²) in [5, 5.41) is 6.79. The van der Waals surface area contributed by atoms with Crippen LogP contribution in [0.3, 0.4) is 0 Å². The Morgan fingerprint density at radius 1 is 1.29 bits per heavy atom. The maximum Gasteiger partial charge on any atom is 0.191 e. The standard InChI is InChI=1S/C18H24N4O.HI/c1-19-18(20-11-14-7-9-22(2)13-14)21-12-15-8-10-23-17-6-4-3-5-16(15)17;/h3-7,9,13,15H,8,10-12H2,1-2H3,(H2,19,20,21);1H. The van der Waals surface area contributed by atoms with Gasteiger partial charge in [-0.2, -0.15) is 0 Å². The topological polar surface area (TPSA) is 50.6 Å². The SMILES string of the molecule is CN=C(NCc1ccn(C)c1)NCC1CCOc2ccccc21.I. The summed E-state index contributed by atoms with van der Waals surface area (Å²) in [7, 11) is 3.83. The molecule has 1 unspecified atom stereocenters. The minimum Gasteiger partial charge on any atom is -0.493 e. The third-order valence-electron chi connectivity index (χ3n) is 4.18. The Morgan fingerprint density at radius 3 is 2.88 bits per heavy atom. The van der Waals surface area contributed by atoms with Gasteiger partial charge in [-0.1, -0.05) is 18.2 Å². The molecule has 0 saturated heterocycles. The summed E-state index contributed by atoms with van der Waals surface area (Å²) in [5.41, 5.74) is 2.52. The van der Waals surface area contributed by atoms with E-state index in [0.29, 0.717) is 5.92 Å². The van der Waals surface area contributed by atoms with Crippen LogP contribution in [0.25, 0.3) is 0 Å². The van der Waals surface area contributed by atoms with E-state index in [0.717, 1.165) is 37.8 Å². The van der Waals surface area contributed by atoms with Crippen molar-refractivity contribution in [3.8, 4) is 5.75 Å². The number of ether oxygens (including phenoxy) is 1. The second-order valence-corrected chi connectivity index (χ2v) is 5.86. The van der Waals surface area contributed by atoms with Gasteiger partial charge >= 0.3 is 0 Å². The van der Waals surface area contributed by atoms with Crippen LogP contribution in [-0.4, -0.2) is 30.7 Å². The quantitative estimate of drug-likeness (QED) is 0.437. The molecular weight excluding hydrogens is 415 g/mol. The first-order valence-corrected chi connectivity index (χ1v) is 8.03. The molecule has 6 heteroatoms. The first-order chi connectivity index (χ1) is 11.3. The summed E-state index contributed by atoms with van der Waals surface area (Å²) in [4.78, 5) is 4.31. The van der Waals surface area contributed by atoms with Gasteiger partial charge in [0.05, 0.1) is 6.61 Å². The largest absolute Gasteiger partial charge is 0.493 e. The smallest absolute Gasteiger partial charge is 0.191 e. The molecule has 0 bridgehead atoms. The highest BCUT2D eigenvalue weighted by atomic mass is 127. The van der Waals surface area contributed by atoms with E-state index in [9.17, 15) is 0 Å². The van der Waals surface area contributed by atoms with Crippen LogP contribution < -0.4 is 15.4 Å². The van der Waals surface area contributed by atoms with Crippen molar-refractivity contribution in [1.29, 1.82) is 0 Å². The Morgan fingerprint density at radius 2 is 2.12 bits per heavy atom. The summed E-state index contributed by atoms with van der Waals surface area (Å²) >= 11 is 0. The highest BCUT2D eigenvalue weighted by molar-refractivity contribution is 14.0. The molecule has 3 rings (SSSR count). The lowest BCUT2D eigenvalue weighted by Gasteiger charge is -2.26. The lowest BCUT2D eigenvalue weighted by molar-refractivity contribution is 0.267. The predicted molar refractivity (Wildman–Crippen MR) is 108 cm³/mol. The molecule has 2 N–H and O–H groups in total. The van der Waals surface area contributed by atoms with Gasteiger partial charge in [0.2, 0.25) is 0 Å². The zero-order valence-electron chi connectivity index (χ0n) is 14.2. The molecule has 24 heavy (non-hydrogen) atoms. The second-order valence-electron chi connectivity index (χ2n) is 5.86. The first kappa shape index (κ1) is 18.6. The van der Waals surface area contributed by atoms with Gasteiger partial charge in [-0.25, -0.2) is 0 Å². The van der Waals surface area contributed by atoms with E-state index in [1.807, 2.05) is 29.9 Å². The molecule has 5 nitrogen and oxygen atoms in total. The van der Waals surface area contributed by atoms with Crippen molar-refractivity contribution in [3.05, 3.63) is 53.9 Å². The van der Waals surface area contributed by atoms with Crippen molar-refractivity contribution in [2.75, 3.05) is 20.2 Å². The number of halogens is 1. The highest BCUT2D eigenvalue weighted by Crippen LogP contribution is 2.32.